The Kier molecular flexibility index (Phi) is 3.04. The maximum absolute atomic E-state index is 3.20. The molecule has 2 rings (SSSR count). The summed E-state index contributed by atoms with van der Waals surface area (Å²) in [6.07, 6.45) is 2.53. The van der Waals surface area contributed by atoms with Crippen LogP contribution in [0.15, 0.2) is 24.3 Å². The van der Waals surface area contributed by atoms with Crippen LogP contribution in [0, 0.1) is 0 Å². The van der Waals surface area contributed by atoms with E-state index in [-0.39, 0.29) is 0 Å². The molecular weight excluding hydrogens is 172 g/mol. The van der Waals surface area contributed by atoms with E-state index >= 15 is 0 Å². The van der Waals surface area contributed by atoms with Crippen molar-refractivity contribution in [2.45, 2.75) is 12.8 Å². The maximum Gasteiger partial charge on any atom is 0.0399 e. The molecule has 1 aromatic rings. The van der Waals surface area contributed by atoms with Crippen LogP contribution in [0.2, 0.25) is 0 Å². The van der Waals surface area contributed by atoms with E-state index in [0.29, 0.717) is 0 Å². The van der Waals surface area contributed by atoms with Crippen molar-refractivity contribution in [2.75, 3.05) is 31.6 Å². The second kappa shape index (κ2) is 4.47. The minimum atomic E-state index is 1.06. The number of benzene rings is 1. The summed E-state index contributed by atoms with van der Waals surface area (Å²) in [7, 11) is 2.01. The second-order valence-electron chi connectivity index (χ2n) is 3.82. The molecule has 0 bridgehead atoms. The first kappa shape index (κ1) is 9.53. The van der Waals surface area contributed by atoms with Gasteiger partial charge in [-0.2, -0.15) is 0 Å². The molecule has 1 N–H and O–H groups in total. The number of fused-ring (bicyclic) bond motifs is 1. The lowest BCUT2D eigenvalue weighted by atomic mass is 10.0. The van der Waals surface area contributed by atoms with Gasteiger partial charge in [-0.05, 0) is 31.5 Å². The summed E-state index contributed by atoms with van der Waals surface area (Å²) >= 11 is 0. The Morgan fingerprint density at radius 2 is 2.21 bits per heavy atom. The molecule has 0 unspecified atom stereocenters. The molecule has 0 fully saturated rings. The summed E-state index contributed by atoms with van der Waals surface area (Å²) in [6.45, 7) is 3.39. The van der Waals surface area contributed by atoms with E-state index in [4.69, 9.17) is 0 Å². The van der Waals surface area contributed by atoms with Gasteiger partial charge in [-0.1, -0.05) is 18.2 Å². The lowest BCUT2D eigenvalue weighted by Gasteiger charge is -2.31. The van der Waals surface area contributed by atoms with E-state index in [9.17, 15) is 0 Å². The first-order chi connectivity index (χ1) is 6.92. The average molecular weight is 190 g/mol. The highest BCUT2D eigenvalue weighted by molar-refractivity contribution is 5.55. The number of hydrogen-bond donors (Lipinski definition) is 1. The van der Waals surface area contributed by atoms with E-state index in [1.165, 1.54) is 30.6 Å². The van der Waals surface area contributed by atoms with Crippen LogP contribution >= 0.6 is 0 Å². The van der Waals surface area contributed by atoms with Gasteiger partial charge in [0.2, 0.25) is 0 Å². The average Bonchev–Trinajstić information content (AvgIpc) is 2.26. The summed E-state index contributed by atoms with van der Waals surface area (Å²) in [5, 5.41) is 3.20. The Morgan fingerprint density at radius 3 is 3.07 bits per heavy atom. The lowest BCUT2D eigenvalue weighted by molar-refractivity contribution is 0.664. The van der Waals surface area contributed by atoms with Crippen molar-refractivity contribution < 1.29 is 0 Å². The fraction of sp³-hybridized carbons (Fsp3) is 0.500. The minimum Gasteiger partial charge on any atom is -0.370 e. The molecule has 2 heteroatoms. The zero-order chi connectivity index (χ0) is 9.80. The van der Waals surface area contributed by atoms with Gasteiger partial charge < -0.3 is 10.2 Å². The predicted octanol–water partition coefficient (Wildman–Crippen LogP) is 1.66. The third-order valence-electron chi connectivity index (χ3n) is 2.84. The lowest BCUT2D eigenvalue weighted by Crippen LogP contribution is -2.34. The molecule has 14 heavy (non-hydrogen) atoms. The Bertz CT molecular complexity index is 296. The number of nitrogens with zero attached hydrogens (tertiary/aromatic N) is 1. The molecule has 1 aromatic carbocycles. The largest absolute Gasteiger partial charge is 0.370 e. The third kappa shape index (κ3) is 1.90. The molecule has 2 nitrogen and oxygen atoms in total. The van der Waals surface area contributed by atoms with Crippen molar-refractivity contribution in [2.24, 2.45) is 0 Å². The monoisotopic (exact) mass is 190 g/mol. The molecular formula is C12H18N2. The summed E-state index contributed by atoms with van der Waals surface area (Å²) in [5.74, 6) is 0. The van der Waals surface area contributed by atoms with Gasteiger partial charge in [0, 0.05) is 25.3 Å². The first-order valence-corrected chi connectivity index (χ1v) is 5.39. The molecule has 1 heterocycles. The van der Waals surface area contributed by atoms with Gasteiger partial charge in [-0.25, -0.2) is 0 Å². The molecule has 0 saturated heterocycles. The first-order valence-electron chi connectivity index (χ1n) is 5.39. The van der Waals surface area contributed by atoms with Crippen LogP contribution in [0.4, 0.5) is 5.69 Å². The Morgan fingerprint density at radius 1 is 1.36 bits per heavy atom. The number of aryl methyl sites for hydroxylation is 1. The number of rotatable bonds is 3. The summed E-state index contributed by atoms with van der Waals surface area (Å²) in [5.41, 5.74) is 2.95. The minimum absolute atomic E-state index is 1.06. The fourth-order valence-corrected chi connectivity index (χ4v) is 2.09. The summed E-state index contributed by atoms with van der Waals surface area (Å²) < 4.78 is 0. The van der Waals surface area contributed by atoms with Gasteiger partial charge in [0.15, 0.2) is 0 Å². The van der Waals surface area contributed by atoms with Crippen LogP contribution in [-0.4, -0.2) is 26.7 Å². The van der Waals surface area contributed by atoms with Crippen molar-refractivity contribution in [1.82, 2.24) is 5.32 Å². The smallest absolute Gasteiger partial charge is 0.0399 e. The van der Waals surface area contributed by atoms with Gasteiger partial charge in [-0.3, -0.25) is 0 Å². The number of nitrogens with one attached hydrogen (secondary N) is 1. The standard InChI is InChI=1S/C12H18N2/c1-13-8-10-14-9-4-6-11-5-2-3-7-12(11)14/h2-3,5,7,13H,4,6,8-10H2,1H3. The van der Waals surface area contributed by atoms with Gasteiger partial charge in [-0.15, -0.1) is 0 Å². The quantitative estimate of drug-likeness (QED) is 0.780. The van der Waals surface area contributed by atoms with Crippen molar-refractivity contribution in [1.29, 1.82) is 0 Å². The fourth-order valence-electron chi connectivity index (χ4n) is 2.09. The Balaban J connectivity index is 2.14. The van der Waals surface area contributed by atoms with Crippen molar-refractivity contribution >= 4 is 5.69 Å². The zero-order valence-corrected chi connectivity index (χ0v) is 8.79. The molecule has 0 saturated carbocycles. The van der Waals surface area contributed by atoms with Crippen molar-refractivity contribution in [3.05, 3.63) is 29.8 Å². The van der Waals surface area contributed by atoms with Crippen LogP contribution in [0.1, 0.15) is 12.0 Å². The van der Waals surface area contributed by atoms with Gasteiger partial charge in [0.05, 0.1) is 0 Å². The molecule has 1 aliphatic heterocycles. The number of likely N-dealkylation sites (N-methyl/N-ethyl adjacent to an activating group) is 1. The van der Waals surface area contributed by atoms with E-state index in [1.54, 1.807) is 0 Å². The van der Waals surface area contributed by atoms with E-state index < -0.39 is 0 Å². The van der Waals surface area contributed by atoms with Crippen LogP contribution in [-0.2, 0) is 6.42 Å². The highest BCUT2D eigenvalue weighted by atomic mass is 15.1. The third-order valence-corrected chi connectivity index (χ3v) is 2.84. The predicted molar refractivity (Wildman–Crippen MR) is 60.9 cm³/mol. The molecule has 0 aliphatic carbocycles. The van der Waals surface area contributed by atoms with E-state index in [2.05, 4.69) is 34.5 Å². The molecule has 0 aromatic heterocycles. The molecule has 0 spiro atoms. The van der Waals surface area contributed by atoms with Crippen LogP contribution in [0.5, 0.6) is 0 Å². The van der Waals surface area contributed by atoms with Crippen molar-refractivity contribution in [3.63, 3.8) is 0 Å². The van der Waals surface area contributed by atoms with E-state index in [1.807, 2.05) is 7.05 Å². The molecule has 0 atom stereocenters. The maximum atomic E-state index is 3.20. The van der Waals surface area contributed by atoms with Crippen LogP contribution in [0.25, 0.3) is 0 Å². The van der Waals surface area contributed by atoms with Gasteiger partial charge in [0.1, 0.15) is 0 Å². The van der Waals surface area contributed by atoms with Crippen molar-refractivity contribution in [3.8, 4) is 0 Å². The SMILES string of the molecule is CNCCN1CCCc2ccccc21. The van der Waals surface area contributed by atoms with Gasteiger partial charge >= 0.3 is 0 Å². The Hall–Kier alpha value is -1.02. The summed E-state index contributed by atoms with van der Waals surface area (Å²) in [4.78, 5) is 2.48. The normalized spacial score (nSPS) is 15.4. The van der Waals surface area contributed by atoms with Crippen LogP contribution < -0.4 is 10.2 Å². The number of hydrogen-bond acceptors (Lipinski definition) is 2. The van der Waals surface area contributed by atoms with E-state index in [0.717, 1.165) is 13.1 Å². The molecule has 76 valence electrons. The highest BCUT2D eigenvalue weighted by Gasteiger charge is 2.14. The zero-order valence-electron chi connectivity index (χ0n) is 8.79. The topological polar surface area (TPSA) is 15.3 Å². The molecule has 1 aliphatic rings. The Labute approximate surface area is 85.9 Å². The molecule has 0 radical (unpaired) electrons. The highest BCUT2D eigenvalue weighted by Crippen LogP contribution is 2.25. The molecule has 0 amide bonds. The second-order valence-corrected chi connectivity index (χ2v) is 3.82. The van der Waals surface area contributed by atoms with Gasteiger partial charge in [0.25, 0.3) is 0 Å². The number of anilines is 1. The number of para-hydroxylation sites is 1. The summed E-state index contributed by atoms with van der Waals surface area (Å²) in [6, 6.07) is 8.77. The van der Waals surface area contributed by atoms with Crippen LogP contribution in [0.3, 0.4) is 0 Å².